The van der Waals surface area contributed by atoms with E-state index in [9.17, 15) is 4.79 Å². The molecule has 0 saturated carbocycles. The first-order valence-corrected chi connectivity index (χ1v) is 6.76. The molecular weight excluding hydrogens is 240 g/mol. The van der Waals surface area contributed by atoms with Crippen molar-refractivity contribution in [2.75, 3.05) is 26.8 Å². The van der Waals surface area contributed by atoms with Gasteiger partial charge in [-0.3, -0.25) is 4.79 Å². The molecule has 0 fully saturated rings. The lowest BCUT2D eigenvalue weighted by Gasteiger charge is -2.24. The Kier molecular flexibility index (Phi) is 7.15. The van der Waals surface area contributed by atoms with Crippen LogP contribution in [0, 0.1) is 0 Å². The summed E-state index contributed by atoms with van der Waals surface area (Å²) in [6, 6.07) is 9.66. The van der Waals surface area contributed by atoms with E-state index in [0.29, 0.717) is 26.1 Å². The highest BCUT2D eigenvalue weighted by Gasteiger charge is 2.19. The zero-order valence-corrected chi connectivity index (χ0v) is 11.8. The van der Waals surface area contributed by atoms with Crippen molar-refractivity contribution in [1.82, 2.24) is 4.90 Å². The van der Waals surface area contributed by atoms with Gasteiger partial charge in [0.25, 0.3) is 0 Å². The molecule has 1 rings (SSSR count). The van der Waals surface area contributed by atoms with Crippen LogP contribution < -0.4 is 5.73 Å². The summed E-state index contributed by atoms with van der Waals surface area (Å²) in [4.78, 5) is 13.9. The van der Waals surface area contributed by atoms with E-state index in [1.165, 1.54) is 5.56 Å². The van der Waals surface area contributed by atoms with E-state index in [0.717, 1.165) is 6.42 Å². The van der Waals surface area contributed by atoms with Gasteiger partial charge >= 0.3 is 0 Å². The highest BCUT2D eigenvalue weighted by molar-refractivity contribution is 5.81. The number of methoxy groups -OCH3 is 1. The number of ether oxygens (including phenoxy) is 1. The standard InChI is InChI=1S/C15H24N2O2/c1-3-17(11-12-19-2)15(18)14(16)10-9-13-7-5-4-6-8-13/h4-8,14H,3,9-12,16H2,1-2H3/t14-/m0/s1. The van der Waals surface area contributed by atoms with Gasteiger partial charge in [-0.1, -0.05) is 30.3 Å². The summed E-state index contributed by atoms with van der Waals surface area (Å²) in [6.07, 6.45) is 1.50. The summed E-state index contributed by atoms with van der Waals surface area (Å²) in [5.74, 6) is 0.00970. The topological polar surface area (TPSA) is 55.6 Å². The Morgan fingerprint density at radius 3 is 2.63 bits per heavy atom. The maximum absolute atomic E-state index is 12.1. The molecule has 0 unspecified atom stereocenters. The van der Waals surface area contributed by atoms with E-state index in [-0.39, 0.29) is 5.91 Å². The predicted molar refractivity (Wildman–Crippen MR) is 76.9 cm³/mol. The summed E-state index contributed by atoms with van der Waals surface area (Å²) in [6.45, 7) is 3.77. The minimum atomic E-state index is -0.433. The zero-order valence-electron chi connectivity index (χ0n) is 11.8. The van der Waals surface area contributed by atoms with E-state index < -0.39 is 6.04 Å². The number of hydrogen-bond acceptors (Lipinski definition) is 3. The Hall–Kier alpha value is -1.39. The van der Waals surface area contributed by atoms with Crippen molar-refractivity contribution in [3.63, 3.8) is 0 Å². The fraction of sp³-hybridized carbons (Fsp3) is 0.533. The van der Waals surface area contributed by atoms with Crippen molar-refractivity contribution < 1.29 is 9.53 Å². The average Bonchev–Trinajstić information content (AvgIpc) is 2.46. The number of nitrogens with zero attached hydrogens (tertiary/aromatic N) is 1. The van der Waals surface area contributed by atoms with E-state index >= 15 is 0 Å². The number of hydrogen-bond donors (Lipinski definition) is 1. The molecule has 106 valence electrons. The van der Waals surface area contributed by atoms with Crippen LogP contribution in [0.3, 0.4) is 0 Å². The fourth-order valence-corrected chi connectivity index (χ4v) is 1.95. The molecular formula is C15H24N2O2. The van der Waals surface area contributed by atoms with Crippen LogP contribution in [-0.4, -0.2) is 43.7 Å². The first-order chi connectivity index (χ1) is 9.19. The molecule has 0 aliphatic carbocycles. The van der Waals surface area contributed by atoms with Crippen LogP contribution in [0.2, 0.25) is 0 Å². The number of benzene rings is 1. The van der Waals surface area contributed by atoms with Crippen molar-refractivity contribution in [2.24, 2.45) is 5.73 Å². The second-order valence-electron chi connectivity index (χ2n) is 4.54. The molecule has 0 aromatic heterocycles. The SMILES string of the molecule is CCN(CCOC)C(=O)[C@@H](N)CCc1ccccc1. The van der Waals surface area contributed by atoms with Crippen LogP contribution in [-0.2, 0) is 16.0 Å². The number of rotatable bonds is 8. The van der Waals surface area contributed by atoms with E-state index in [4.69, 9.17) is 10.5 Å². The summed E-state index contributed by atoms with van der Waals surface area (Å²) in [5, 5.41) is 0. The summed E-state index contributed by atoms with van der Waals surface area (Å²) >= 11 is 0. The third-order valence-electron chi connectivity index (χ3n) is 3.16. The summed E-state index contributed by atoms with van der Waals surface area (Å²) in [5.41, 5.74) is 7.19. The van der Waals surface area contributed by atoms with Gasteiger partial charge in [0.05, 0.1) is 12.6 Å². The Morgan fingerprint density at radius 2 is 2.05 bits per heavy atom. The molecule has 19 heavy (non-hydrogen) atoms. The van der Waals surface area contributed by atoms with Gasteiger partial charge < -0.3 is 15.4 Å². The predicted octanol–water partition coefficient (Wildman–Crippen LogP) is 1.44. The van der Waals surface area contributed by atoms with Crippen LogP contribution in [0.25, 0.3) is 0 Å². The number of aryl methyl sites for hydroxylation is 1. The lowest BCUT2D eigenvalue weighted by Crippen LogP contribution is -2.45. The lowest BCUT2D eigenvalue weighted by atomic mass is 10.0. The highest BCUT2D eigenvalue weighted by atomic mass is 16.5. The second-order valence-corrected chi connectivity index (χ2v) is 4.54. The van der Waals surface area contributed by atoms with Crippen molar-refractivity contribution in [1.29, 1.82) is 0 Å². The second kappa shape index (κ2) is 8.67. The van der Waals surface area contributed by atoms with Gasteiger partial charge in [0, 0.05) is 20.2 Å². The molecule has 2 N–H and O–H groups in total. The van der Waals surface area contributed by atoms with Gasteiger partial charge in [0.15, 0.2) is 0 Å². The van der Waals surface area contributed by atoms with Crippen molar-refractivity contribution in [3.05, 3.63) is 35.9 Å². The van der Waals surface area contributed by atoms with Crippen LogP contribution in [0.5, 0.6) is 0 Å². The van der Waals surface area contributed by atoms with Crippen molar-refractivity contribution >= 4 is 5.91 Å². The number of carbonyl (C=O) groups excluding carboxylic acids is 1. The summed E-state index contributed by atoms with van der Waals surface area (Å²) in [7, 11) is 1.63. The van der Waals surface area contributed by atoms with Gasteiger partial charge in [0.2, 0.25) is 5.91 Å². The van der Waals surface area contributed by atoms with Gasteiger partial charge in [-0.25, -0.2) is 0 Å². The zero-order chi connectivity index (χ0) is 14.1. The van der Waals surface area contributed by atoms with E-state index in [1.54, 1.807) is 12.0 Å². The van der Waals surface area contributed by atoms with Crippen LogP contribution in [0.1, 0.15) is 18.9 Å². The maximum atomic E-state index is 12.1. The van der Waals surface area contributed by atoms with Gasteiger partial charge in [-0.2, -0.15) is 0 Å². The number of amides is 1. The monoisotopic (exact) mass is 264 g/mol. The Balaban J connectivity index is 2.42. The average molecular weight is 264 g/mol. The molecule has 0 saturated heterocycles. The molecule has 4 heteroatoms. The Bertz CT molecular complexity index is 368. The third kappa shape index (κ3) is 5.41. The van der Waals surface area contributed by atoms with Crippen LogP contribution in [0.4, 0.5) is 0 Å². The van der Waals surface area contributed by atoms with Crippen LogP contribution >= 0.6 is 0 Å². The minimum absolute atomic E-state index is 0.00970. The highest BCUT2D eigenvalue weighted by Crippen LogP contribution is 2.06. The molecule has 1 aromatic carbocycles. The normalized spacial score (nSPS) is 12.2. The van der Waals surface area contributed by atoms with Crippen LogP contribution in [0.15, 0.2) is 30.3 Å². The maximum Gasteiger partial charge on any atom is 0.239 e. The molecule has 0 aliphatic heterocycles. The molecule has 0 heterocycles. The van der Waals surface area contributed by atoms with Gasteiger partial charge in [-0.05, 0) is 25.3 Å². The third-order valence-corrected chi connectivity index (χ3v) is 3.16. The fourth-order valence-electron chi connectivity index (χ4n) is 1.95. The Labute approximate surface area is 115 Å². The number of nitrogens with two attached hydrogens (primary N) is 1. The molecule has 0 radical (unpaired) electrons. The molecule has 0 aliphatic rings. The van der Waals surface area contributed by atoms with E-state index in [1.807, 2.05) is 25.1 Å². The minimum Gasteiger partial charge on any atom is -0.383 e. The molecule has 1 amide bonds. The molecule has 0 bridgehead atoms. The van der Waals surface area contributed by atoms with Crippen molar-refractivity contribution in [3.8, 4) is 0 Å². The van der Waals surface area contributed by atoms with Gasteiger partial charge in [0.1, 0.15) is 0 Å². The molecule has 1 aromatic rings. The summed E-state index contributed by atoms with van der Waals surface area (Å²) < 4.78 is 5.00. The quantitative estimate of drug-likeness (QED) is 0.773. The number of likely N-dealkylation sites (N-methyl/N-ethyl adjacent to an activating group) is 1. The lowest BCUT2D eigenvalue weighted by molar-refractivity contribution is -0.133. The van der Waals surface area contributed by atoms with Crippen molar-refractivity contribution in [2.45, 2.75) is 25.8 Å². The molecule has 4 nitrogen and oxygen atoms in total. The molecule has 0 spiro atoms. The number of carbonyl (C=O) groups is 1. The first kappa shape index (κ1) is 15.7. The smallest absolute Gasteiger partial charge is 0.239 e. The van der Waals surface area contributed by atoms with E-state index in [2.05, 4.69) is 12.1 Å². The first-order valence-electron chi connectivity index (χ1n) is 6.76. The Morgan fingerprint density at radius 1 is 1.37 bits per heavy atom. The van der Waals surface area contributed by atoms with Gasteiger partial charge in [-0.15, -0.1) is 0 Å². The largest absolute Gasteiger partial charge is 0.383 e. The molecule has 1 atom stereocenters.